The normalized spacial score (nSPS) is 12.3. The number of benzene rings is 1. The fourth-order valence-corrected chi connectivity index (χ4v) is 1.67. The van der Waals surface area contributed by atoms with Crippen molar-refractivity contribution in [2.75, 3.05) is 0 Å². The van der Waals surface area contributed by atoms with E-state index in [0.717, 1.165) is 12.8 Å². The van der Waals surface area contributed by atoms with Gasteiger partial charge in [0.15, 0.2) is 0 Å². The molecular formula is C12H14N4O3. The second kappa shape index (κ2) is 5.57. The van der Waals surface area contributed by atoms with Crippen molar-refractivity contribution in [1.82, 2.24) is 10.1 Å². The molecule has 0 aliphatic heterocycles. The summed E-state index contributed by atoms with van der Waals surface area (Å²) in [6, 6.07) is 5.69. The Labute approximate surface area is 109 Å². The van der Waals surface area contributed by atoms with Gasteiger partial charge in [0, 0.05) is 17.7 Å². The molecule has 19 heavy (non-hydrogen) atoms. The number of nitrogens with two attached hydrogens (primary N) is 1. The van der Waals surface area contributed by atoms with E-state index in [0.29, 0.717) is 17.3 Å². The summed E-state index contributed by atoms with van der Waals surface area (Å²) in [6.07, 6.45) is 1.69. The first-order chi connectivity index (χ1) is 9.11. The fraction of sp³-hybridized carbons (Fsp3) is 0.333. The summed E-state index contributed by atoms with van der Waals surface area (Å²) in [7, 11) is 0. The lowest BCUT2D eigenvalue weighted by molar-refractivity contribution is -0.384. The van der Waals surface area contributed by atoms with Crippen molar-refractivity contribution in [1.29, 1.82) is 0 Å². The molecule has 0 amide bonds. The first-order valence-corrected chi connectivity index (χ1v) is 5.96. The highest BCUT2D eigenvalue weighted by atomic mass is 16.6. The number of nitro groups is 1. The van der Waals surface area contributed by atoms with Crippen molar-refractivity contribution < 1.29 is 9.45 Å². The van der Waals surface area contributed by atoms with Crippen LogP contribution in [-0.4, -0.2) is 15.1 Å². The summed E-state index contributed by atoms with van der Waals surface area (Å²) in [5.74, 6) is 0.770. The van der Waals surface area contributed by atoms with Gasteiger partial charge in [-0.05, 0) is 18.6 Å². The fourth-order valence-electron chi connectivity index (χ4n) is 1.67. The van der Waals surface area contributed by atoms with Gasteiger partial charge in [-0.3, -0.25) is 10.1 Å². The van der Waals surface area contributed by atoms with Gasteiger partial charge in [0.2, 0.25) is 11.7 Å². The molecule has 1 heterocycles. The van der Waals surface area contributed by atoms with Crippen LogP contribution in [0.15, 0.2) is 28.8 Å². The lowest BCUT2D eigenvalue weighted by atomic mass is 10.2. The van der Waals surface area contributed by atoms with Crippen LogP contribution >= 0.6 is 0 Å². The van der Waals surface area contributed by atoms with Gasteiger partial charge in [0.1, 0.15) is 0 Å². The van der Waals surface area contributed by atoms with E-state index in [1.54, 1.807) is 12.1 Å². The Morgan fingerprint density at radius 2 is 2.11 bits per heavy atom. The van der Waals surface area contributed by atoms with E-state index in [1.165, 1.54) is 12.1 Å². The van der Waals surface area contributed by atoms with E-state index in [9.17, 15) is 10.1 Å². The first-order valence-electron chi connectivity index (χ1n) is 5.96. The van der Waals surface area contributed by atoms with Gasteiger partial charge in [0.05, 0.1) is 11.0 Å². The second-order valence-corrected chi connectivity index (χ2v) is 4.16. The van der Waals surface area contributed by atoms with E-state index in [1.807, 2.05) is 6.92 Å². The van der Waals surface area contributed by atoms with Crippen LogP contribution in [0.5, 0.6) is 0 Å². The molecule has 1 atom stereocenters. The molecule has 2 aromatic rings. The van der Waals surface area contributed by atoms with E-state index in [-0.39, 0.29) is 11.7 Å². The molecule has 0 unspecified atom stereocenters. The summed E-state index contributed by atoms with van der Waals surface area (Å²) in [5, 5.41) is 14.4. The number of hydrogen-bond donors (Lipinski definition) is 1. The van der Waals surface area contributed by atoms with Crippen molar-refractivity contribution in [3.8, 4) is 11.4 Å². The zero-order valence-electron chi connectivity index (χ0n) is 10.4. The lowest BCUT2D eigenvalue weighted by Crippen LogP contribution is -2.09. The minimum absolute atomic E-state index is 0.0233. The van der Waals surface area contributed by atoms with Gasteiger partial charge in [-0.1, -0.05) is 18.5 Å². The molecule has 0 radical (unpaired) electrons. The highest BCUT2D eigenvalue weighted by Gasteiger charge is 2.15. The lowest BCUT2D eigenvalue weighted by Gasteiger charge is -2.02. The number of hydrogen-bond acceptors (Lipinski definition) is 6. The van der Waals surface area contributed by atoms with Gasteiger partial charge < -0.3 is 10.3 Å². The van der Waals surface area contributed by atoms with Crippen LogP contribution in [-0.2, 0) is 0 Å². The molecule has 2 N–H and O–H groups in total. The van der Waals surface area contributed by atoms with E-state index in [4.69, 9.17) is 10.3 Å². The maximum atomic E-state index is 10.6. The molecule has 1 aromatic carbocycles. The molecular weight excluding hydrogens is 248 g/mol. The Morgan fingerprint density at radius 1 is 1.42 bits per heavy atom. The molecule has 7 heteroatoms. The van der Waals surface area contributed by atoms with Crippen LogP contribution in [0.4, 0.5) is 5.69 Å². The molecule has 1 aromatic heterocycles. The van der Waals surface area contributed by atoms with Crippen LogP contribution in [0.2, 0.25) is 0 Å². The van der Waals surface area contributed by atoms with E-state index >= 15 is 0 Å². The molecule has 0 aliphatic rings. The summed E-state index contributed by atoms with van der Waals surface area (Å²) in [5.41, 5.74) is 6.56. The Hall–Kier alpha value is -2.28. The third kappa shape index (κ3) is 2.94. The largest absolute Gasteiger partial charge is 0.337 e. The first kappa shape index (κ1) is 13.2. The molecule has 0 fully saturated rings. The highest BCUT2D eigenvalue weighted by Crippen LogP contribution is 2.22. The van der Waals surface area contributed by atoms with E-state index in [2.05, 4.69) is 10.1 Å². The van der Waals surface area contributed by atoms with Crippen LogP contribution in [0.3, 0.4) is 0 Å². The topological polar surface area (TPSA) is 108 Å². The third-order valence-electron chi connectivity index (χ3n) is 2.69. The number of rotatable bonds is 5. The van der Waals surface area contributed by atoms with Gasteiger partial charge >= 0.3 is 0 Å². The molecule has 0 bridgehead atoms. The summed E-state index contributed by atoms with van der Waals surface area (Å²) in [4.78, 5) is 14.3. The summed E-state index contributed by atoms with van der Waals surface area (Å²) >= 11 is 0. The molecule has 100 valence electrons. The van der Waals surface area contributed by atoms with Gasteiger partial charge in [-0.15, -0.1) is 0 Å². The van der Waals surface area contributed by atoms with Crippen LogP contribution < -0.4 is 5.73 Å². The maximum absolute atomic E-state index is 10.6. The number of nitrogens with zero attached hydrogens (tertiary/aromatic N) is 3. The summed E-state index contributed by atoms with van der Waals surface area (Å²) < 4.78 is 5.09. The maximum Gasteiger partial charge on any atom is 0.269 e. The predicted molar refractivity (Wildman–Crippen MR) is 68.2 cm³/mol. The molecule has 2 rings (SSSR count). The van der Waals surface area contributed by atoms with Crippen LogP contribution in [0.1, 0.15) is 31.7 Å². The molecule has 0 spiro atoms. The minimum atomic E-state index is -0.456. The Balaban J connectivity index is 2.20. The van der Waals surface area contributed by atoms with Crippen LogP contribution in [0.25, 0.3) is 11.4 Å². The monoisotopic (exact) mass is 262 g/mol. The predicted octanol–water partition coefficient (Wildman–Crippen LogP) is 2.44. The standard InChI is InChI=1S/C12H14N4O3/c1-2-3-10(13)12-14-11(15-19-12)8-4-6-9(7-5-8)16(17)18/h4-7,10H,2-3,13H2,1H3/t10-/m1/s1. The SMILES string of the molecule is CCC[C@@H](N)c1nc(-c2ccc([N+](=O)[O-])cc2)no1. The Bertz CT molecular complexity index is 565. The van der Waals surface area contributed by atoms with Gasteiger partial charge in [-0.25, -0.2) is 0 Å². The van der Waals surface area contributed by atoms with Crippen molar-refractivity contribution in [3.63, 3.8) is 0 Å². The number of aromatic nitrogens is 2. The quantitative estimate of drug-likeness (QED) is 0.654. The van der Waals surface area contributed by atoms with E-state index < -0.39 is 4.92 Å². The summed E-state index contributed by atoms with van der Waals surface area (Å²) in [6.45, 7) is 2.02. The average Bonchev–Trinajstić information content (AvgIpc) is 2.89. The average molecular weight is 262 g/mol. The number of non-ortho nitro benzene ring substituents is 1. The number of nitro benzene ring substituents is 1. The zero-order valence-corrected chi connectivity index (χ0v) is 10.4. The van der Waals surface area contributed by atoms with Gasteiger partial charge in [-0.2, -0.15) is 4.98 Å². The smallest absolute Gasteiger partial charge is 0.269 e. The zero-order chi connectivity index (χ0) is 13.8. The van der Waals surface area contributed by atoms with Crippen molar-refractivity contribution in [2.24, 2.45) is 5.73 Å². The van der Waals surface area contributed by atoms with Crippen molar-refractivity contribution in [3.05, 3.63) is 40.3 Å². The third-order valence-corrected chi connectivity index (χ3v) is 2.69. The van der Waals surface area contributed by atoms with Gasteiger partial charge in [0.25, 0.3) is 5.69 Å². The molecule has 7 nitrogen and oxygen atoms in total. The Morgan fingerprint density at radius 3 is 2.68 bits per heavy atom. The highest BCUT2D eigenvalue weighted by molar-refractivity contribution is 5.56. The van der Waals surface area contributed by atoms with Crippen molar-refractivity contribution >= 4 is 5.69 Å². The molecule has 0 saturated carbocycles. The van der Waals surface area contributed by atoms with Crippen LogP contribution in [0, 0.1) is 10.1 Å². The second-order valence-electron chi connectivity index (χ2n) is 4.16. The Kier molecular flexibility index (Phi) is 3.86. The minimum Gasteiger partial charge on any atom is -0.337 e. The molecule has 0 aliphatic carbocycles. The van der Waals surface area contributed by atoms with Crippen molar-refractivity contribution in [2.45, 2.75) is 25.8 Å². The molecule has 0 saturated heterocycles.